The number of halogens is 2. The smallest absolute Gasteiger partial charge is 0.410 e. The van der Waals surface area contributed by atoms with Crippen molar-refractivity contribution in [3.05, 3.63) is 27.3 Å². The van der Waals surface area contributed by atoms with Crippen LogP contribution in [0, 0.1) is 5.92 Å². The molecule has 0 spiro atoms. The maximum atomic E-state index is 12.6. The van der Waals surface area contributed by atoms with Crippen molar-refractivity contribution in [3.8, 4) is 0 Å². The topological polar surface area (TPSA) is 94.9 Å². The Morgan fingerprint density at radius 3 is 2.83 bits per heavy atom. The molecular weight excluding hydrogens is 600 g/mol. The number of ether oxygens (including phenoxy) is 3. The van der Waals surface area contributed by atoms with Crippen molar-refractivity contribution in [2.24, 2.45) is 5.92 Å². The van der Waals surface area contributed by atoms with Gasteiger partial charge >= 0.3 is 12.2 Å². The van der Waals surface area contributed by atoms with E-state index >= 15 is 0 Å². The molecule has 3 aliphatic rings. The Bertz CT molecular complexity index is 1260. The summed E-state index contributed by atoms with van der Waals surface area (Å²) in [4.78, 5) is 26.8. The van der Waals surface area contributed by atoms with Crippen LogP contribution in [-0.4, -0.2) is 64.3 Å². The highest BCUT2D eigenvalue weighted by atomic mass is 79.9. The highest BCUT2D eigenvalue weighted by molar-refractivity contribution is 9.10. The monoisotopic (exact) mass is 638 g/mol. The molecule has 9 nitrogen and oxygen atoms in total. The molecule has 2 aliphatic heterocycles. The van der Waals surface area contributed by atoms with Crippen molar-refractivity contribution >= 4 is 50.6 Å². The number of benzene rings is 1. The molecule has 2 aromatic rings. The summed E-state index contributed by atoms with van der Waals surface area (Å²) in [6, 6.07) is 2.01. The molecule has 3 unspecified atom stereocenters. The maximum Gasteiger partial charge on any atom is 0.410 e. The van der Waals surface area contributed by atoms with Crippen LogP contribution in [0.4, 0.5) is 9.59 Å². The van der Waals surface area contributed by atoms with Gasteiger partial charge in [-0.25, -0.2) is 14.3 Å². The number of hydrogen-bond donors (Lipinski definition) is 1. The largest absolute Gasteiger partial charge is 0.450 e. The zero-order valence-corrected chi connectivity index (χ0v) is 26.1. The number of nitrogens with one attached hydrogen (secondary N) is 1. The number of rotatable bonds is 6. The normalized spacial score (nSPS) is 26.9. The van der Waals surface area contributed by atoms with E-state index in [4.69, 9.17) is 25.8 Å². The van der Waals surface area contributed by atoms with Gasteiger partial charge in [0.25, 0.3) is 0 Å². The fourth-order valence-corrected chi connectivity index (χ4v) is 7.21. The number of aromatic nitrogens is 2. The molecule has 2 amide bonds. The van der Waals surface area contributed by atoms with Crippen molar-refractivity contribution < 1.29 is 23.8 Å². The third-order valence-electron chi connectivity index (χ3n) is 8.02. The number of fused-ring (bicyclic) bond motifs is 1. The van der Waals surface area contributed by atoms with Gasteiger partial charge in [-0.1, -0.05) is 11.6 Å². The number of piperidine rings is 1. The number of amides is 2. The van der Waals surface area contributed by atoms with Gasteiger partial charge in [-0.2, -0.15) is 5.10 Å². The Morgan fingerprint density at radius 1 is 1.30 bits per heavy atom. The molecule has 0 bridgehead atoms. The number of nitrogens with zero attached hydrogens (tertiary/aromatic N) is 3. The summed E-state index contributed by atoms with van der Waals surface area (Å²) >= 11 is 10.6. The second-order valence-electron chi connectivity index (χ2n) is 12.6. The second-order valence-corrected chi connectivity index (χ2v) is 13.8. The highest BCUT2D eigenvalue weighted by Crippen LogP contribution is 2.55. The van der Waals surface area contributed by atoms with E-state index < -0.39 is 17.2 Å². The van der Waals surface area contributed by atoms with Crippen molar-refractivity contribution in [3.63, 3.8) is 0 Å². The Morgan fingerprint density at radius 2 is 2.10 bits per heavy atom. The van der Waals surface area contributed by atoms with E-state index in [0.29, 0.717) is 31.5 Å². The van der Waals surface area contributed by atoms with Gasteiger partial charge in [-0.3, -0.25) is 0 Å². The molecule has 3 fully saturated rings. The Balaban J connectivity index is 1.12. The lowest BCUT2D eigenvalue weighted by atomic mass is 9.91. The fraction of sp³-hybridized carbons (Fsp3) is 0.690. The van der Waals surface area contributed by atoms with Gasteiger partial charge in [0.1, 0.15) is 5.60 Å². The van der Waals surface area contributed by atoms with Gasteiger partial charge in [0, 0.05) is 34.6 Å². The first-order valence-electron chi connectivity index (χ1n) is 14.3. The van der Waals surface area contributed by atoms with Gasteiger partial charge < -0.3 is 24.4 Å². The van der Waals surface area contributed by atoms with Crippen LogP contribution in [0.3, 0.4) is 0 Å². The summed E-state index contributed by atoms with van der Waals surface area (Å²) in [5, 5.41) is 9.37. The molecule has 40 heavy (non-hydrogen) atoms. The third-order valence-corrected chi connectivity index (χ3v) is 9.19. The van der Waals surface area contributed by atoms with E-state index in [1.165, 1.54) is 0 Å². The van der Waals surface area contributed by atoms with Crippen molar-refractivity contribution in [1.29, 1.82) is 0 Å². The first-order valence-corrected chi connectivity index (χ1v) is 15.5. The van der Waals surface area contributed by atoms with E-state index in [2.05, 4.69) is 26.3 Å². The summed E-state index contributed by atoms with van der Waals surface area (Å²) < 4.78 is 20.0. The van der Waals surface area contributed by atoms with Crippen molar-refractivity contribution in [2.45, 2.75) is 95.9 Å². The molecule has 1 aromatic carbocycles. The molecule has 4 atom stereocenters. The average Bonchev–Trinajstić information content (AvgIpc) is 3.49. The van der Waals surface area contributed by atoms with E-state index in [0.717, 1.165) is 77.5 Å². The Kier molecular flexibility index (Phi) is 8.60. The minimum Gasteiger partial charge on any atom is -0.450 e. The lowest BCUT2D eigenvalue weighted by Crippen LogP contribution is -2.58. The first kappa shape index (κ1) is 29.5. The van der Waals surface area contributed by atoms with Crippen molar-refractivity contribution in [2.75, 3.05) is 26.3 Å². The van der Waals surface area contributed by atoms with E-state index in [1.54, 1.807) is 4.90 Å². The van der Waals surface area contributed by atoms with Gasteiger partial charge in [-0.05, 0) is 112 Å². The standard InChI is InChI=1S/C29H40BrClN4O5/c1-28(2,3)40-27(37)34-11-7-10-29(4,17-34)33-26(36)39-13-9-18-14-19(18)24-21(31)15-22-20(25(24)30)16-32-35(22)23-8-5-6-12-38-23/h15-16,18-19,23H,5-14,17H2,1-4H3,(H,33,36)/t18?,19?,23?,29-/m1/s1. The van der Waals surface area contributed by atoms with Gasteiger partial charge in [-0.15, -0.1) is 0 Å². The Labute approximate surface area is 249 Å². The van der Waals surface area contributed by atoms with Crippen LogP contribution < -0.4 is 5.32 Å². The van der Waals surface area contributed by atoms with E-state index in [-0.39, 0.29) is 12.3 Å². The zero-order chi connectivity index (χ0) is 28.7. The van der Waals surface area contributed by atoms with Crippen LogP contribution in [0.2, 0.25) is 5.02 Å². The number of hydrogen-bond acceptors (Lipinski definition) is 6. The van der Waals surface area contributed by atoms with Crippen molar-refractivity contribution in [1.82, 2.24) is 20.0 Å². The molecule has 1 saturated carbocycles. The molecule has 220 valence electrons. The van der Waals surface area contributed by atoms with Crippen LogP contribution in [-0.2, 0) is 14.2 Å². The maximum absolute atomic E-state index is 12.6. The molecular formula is C29H40BrClN4O5. The zero-order valence-electron chi connectivity index (χ0n) is 23.8. The van der Waals surface area contributed by atoms with Gasteiger partial charge in [0.05, 0.1) is 23.9 Å². The predicted molar refractivity (Wildman–Crippen MR) is 157 cm³/mol. The van der Waals surface area contributed by atoms with Crippen LogP contribution in [0.5, 0.6) is 0 Å². The van der Waals surface area contributed by atoms with E-state index in [9.17, 15) is 9.59 Å². The van der Waals surface area contributed by atoms with E-state index in [1.807, 2.05) is 44.6 Å². The number of alkyl carbamates (subject to hydrolysis) is 1. The third kappa shape index (κ3) is 6.71. The summed E-state index contributed by atoms with van der Waals surface area (Å²) in [6.45, 7) is 9.57. The summed E-state index contributed by atoms with van der Waals surface area (Å²) in [5.74, 6) is 0.703. The highest BCUT2D eigenvalue weighted by Gasteiger charge is 2.41. The van der Waals surface area contributed by atoms with Crippen LogP contribution in [0.1, 0.15) is 90.3 Å². The number of likely N-dealkylation sites (tertiary alicyclic amines) is 1. The first-order chi connectivity index (χ1) is 18.9. The lowest BCUT2D eigenvalue weighted by molar-refractivity contribution is -0.0366. The molecule has 0 radical (unpaired) electrons. The summed E-state index contributed by atoms with van der Waals surface area (Å²) in [7, 11) is 0. The summed E-state index contributed by atoms with van der Waals surface area (Å²) in [6.07, 6.45) is 7.51. The molecule has 1 N–H and O–H groups in total. The number of carbonyl (C=O) groups excluding carboxylic acids is 2. The molecule has 1 aromatic heterocycles. The summed E-state index contributed by atoms with van der Waals surface area (Å²) in [5.41, 5.74) is 0.959. The number of carbonyl (C=O) groups is 2. The van der Waals surface area contributed by atoms with Crippen LogP contribution in [0.15, 0.2) is 16.7 Å². The SMILES string of the molecule is CC(C)(C)OC(=O)N1CCC[C@@](C)(NC(=O)OCCC2CC2c2c(Cl)cc3c(cnn3C3CCCCO3)c2Br)C1. The molecule has 11 heteroatoms. The average molecular weight is 640 g/mol. The molecule has 5 rings (SSSR count). The van der Waals surface area contributed by atoms with Gasteiger partial charge in [0.2, 0.25) is 0 Å². The van der Waals surface area contributed by atoms with Crippen LogP contribution >= 0.6 is 27.5 Å². The predicted octanol–water partition coefficient (Wildman–Crippen LogP) is 7.16. The second kappa shape index (κ2) is 11.7. The Hall–Kier alpha value is -2.04. The van der Waals surface area contributed by atoms with Crippen LogP contribution in [0.25, 0.3) is 10.9 Å². The van der Waals surface area contributed by atoms with Gasteiger partial charge in [0.15, 0.2) is 6.23 Å². The fourth-order valence-electron chi connectivity index (χ4n) is 5.95. The minimum absolute atomic E-state index is 0.0479. The quantitative estimate of drug-likeness (QED) is 0.360. The molecule has 1 aliphatic carbocycles. The molecule has 2 saturated heterocycles. The minimum atomic E-state index is -0.560. The lowest BCUT2D eigenvalue weighted by Gasteiger charge is -2.40. The molecule has 3 heterocycles.